The van der Waals surface area contributed by atoms with Crippen molar-refractivity contribution in [1.29, 1.82) is 0 Å². The highest BCUT2D eigenvalue weighted by molar-refractivity contribution is 5.88. The molecule has 0 saturated carbocycles. The fourth-order valence-corrected chi connectivity index (χ4v) is 2.23. The fraction of sp³-hybridized carbons (Fsp3) is 0.417. The maximum absolute atomic E-state index is 13.0. The Kier molecular flexibility index (Phi) is 2.27. The van der Waals surface area contributed by atoms with Crippen LogP contribution in [0.15, 0.2) is 22.7 Å². The number of anilines is 1. The third-order valence-electron chi connectivity index (χ3n) is 3.06. The average Bonchev–Trinajstić information content (AvgIpc) is 2.73. The third-order valence-corrected chi connectivity index (χ3v) is 3.06. The Bertz CT molecular complexity index is 503. The molecule has 0 atom stereocenters. The van der Waals surface area contributed by atoms with Crippen LogP contribution in [0.5, 0.6) is 0 Å². The van der Waals surface area contributed by atoms with Gasteiger partial charge in [0, 0.05) is 19.2 Å². The topological polar surface area (TPSA) is 29.3 Å². The van der Waals surface area contributed by atoms with Gasteiger partial charge in [-0.3, -0.25) is 0 Å². The van der Waals surface area contributed by atoms with E-state index in [1.165, 1.54) is 31.4 Å². The highest BCUT2D eigenvalue weighted by atomic mass is 19.1. The van der Waals surface area contributed by atoms with Gasteiger partial charge in [0.1, 0.15) is 11.3 Å². The lowest BCUT2D eigenvalue weighted by molar-refractivity contribution is 0.411. The van der Waals surface area contributed by atoms with Gasteiger partial charge in [-0.25, -0.2) is 4.39 Å². The zero-order valence-electron chi connectivity index (χ0n) is 8.95. The summed E-state index contributed by atoms with van der Waals surface area (Å²) in [6.07, 6.45) is 3.64. The zero-order valence-corrected chi connectivity index (χ0v) is 8.95. The molecule has 1 aliphatic rings. The Morgan fingerprint density at radius 1 is 1.19 bits per heavy atom. The lowest BCUT2D eigenvalue weighted by Gasteiger charge is -2.25. The smallest absolute Gasteiger partial charge is 0.235 e. The molecular weight excluding hydrogens is 207 g/mol. The van der Waals surface area contributed by atoms with Crippen LogP contribution in [0.2, 0.25) is 0 Å². The minimum atomic E-state index is -0.272. The van der Waals surface area contributed by atoms with Crippen molar-refractivity contribution in [2.45, 2.75) is 19.3 Å². The SMILES string of the molecule is Fc1ccc2c(N3CCCCC3)onc2c1. The maximum Gasteiger partial charge on any atom is 0.235 e. The van der Waals surface area contributed by atoms with E-state index in [2.05, 4.69) is 10.1 Å². The molecule has 0 aliphatic carbocycles. The summed E-state index contributed by atoms with van der Waals surface area (Å²) < 4.78 is 18.3. The standard InChI is InChI=1S/C12H13FN2O/c13-9-4-5-10-11(8-9)14-16-12(10)15-6-2-1-3-7-15/h4-5,8H,1-3,6-7H2. The number of benzene rings is 1. The van der Waals surface area contributed by atoms with Crippen LogP contribution in [0, 0.1) is 5.82 Å². The number of halogens is 1. The molecular formula is C12H13FN2O. The van der Waals surface area contributed by atoms with Crippen molar-refractivity contribution < 1.29 is 8.91 Å². The van der Waals surface area contributed by atoms with Gasteiger partial charge < -0.3 is 9.42 Å². The first kappa shape index (κ1) is 9.63. The van der Waals surface area contributed by atoms with Crippen molar-refractivity contribution in [1.82, 2.24) is 5.16 Å². The minimum Gasteiger partial charge on any atom is -0.340 e. The Morgan fingerprint density at radius 3 is 2.81 bits per heavy atom. The van der Waals surface area contributed by atoms with Gasteiger partial charge in [0.15, 0.2) is 0 Å². The quantitative estimate of drug-likeness (QED) is 0.740. The van der Waals surface area contributed by atoms with Crippen molar-refractivity contribution in [3.63, 3.8) is 0 Å². The van der Waals surface area contributed by atoms with E-state index >= 15 is 0 Å². The number of fused-ring (bicyclic) bond motifs is 1. The Balaban J connectivity index is 2.03. The van der Waals surface area contributed by atoms with Gasteiger partial charge in [0.05, 0.1) is 5.39 Å². The summed E-state index contributed by atoms with van der Waals surface area (Å²) in [6.45, 7) is 2.00. The molecule has 2 heterocycles. The molecule has 16 heavy (non-hydrogen) atoms. The highest BCUT2D eigenvalue weighted by Crippen LogP contribution is 2.29. The molecule has 84 valence electrons. The first-order chi connectivity index (χ1) is 7.84. The molecule has 0 amide bonds. The molecule has 3 nitrogen and oxygen atoms in total. The van der Waals surface area contributed by atoms with Crippen molar-refractivity contribution in [3.05, 3.63) is 24.0 Å². The summed E-state index contributed by atoms with van der Waals surface area (Å²) in [7, 11) is 0. The lowest BCUT2D eigenvalue weighted by atomic mass is 10.1. The van der Waals surface area contributed by atoms with Crippen LogP contribution >= 0.6 is 0 Å². The number of nitrogens with zero attached hydrogens (tertiary/aromatic N) is 2. The van der Waals surface area contributed by atoms with E-state index in [1.54, 1.807) is 6.07 Å². The van der Waals surface area contributed by atoms with E-state index in [0.717, 1.165) is 24.4 Å². The van der Waals surface area contributed by atoms with Crippen molar-refractivity contribution in [3.8, 4) is 0 Å². The summed E-state index contributed by atoms with van der Waals surface area (Å²) >= 11 is 0. The Hall–Kier alpha value is -1.58. The molecule has 3 rings (SSSR count). The molecule has 1 aromatic carbocycles. The van der Waals surface area contributed by atoms with Gasteiger partial charge in [-0.15, -0.1) is 0 Å². The van der Waals surface area contributed by atoms with Crippen LogP contribution in [-0.2, 0) is 0 Å². The number of rotatable bonds is 1. The summed E-state index contributed by atoms with van der Waals surface area (Å²) in [5, 5.41) is 4.80. The van der Waals surface area contributed by atoms with Crippen LogP contribution in [0.25, 0.3) is 10.9 Å². The van der Waals surface area contributed by atoms with E-state index in [1.807, 2.05) is 0 Å². The molecule has 1 aliphatic heterocycles. The second-order valence-corrected chi connectivity index (χ2v) is 4.20. The summed E-state index contributed by atoms with van der Waals surface area (Å²) in [5.74, 6) is 0.515. The number of piperidine rings is 1. The van der Waals surface area contributed by atoms with Gasteiger partial charge >= 0.3 is 0 Å². The van der Waals surface area contributed by atoms with Crippen LogP contribution in [-0.4, -0.2) is 18.2 Å². The van der Waals surface area contributed by atoms with E-state index in [-0.39, 0.29) is 5.82 Å². The highest BCUT2D eigenvalue weighted by Gasteiger charge is 2.18. The monoisotopic (exact) mass is 220 g/mol. The van der Waals surface area contributed by atoms with E-state index in [9.17, 15) is 4.39 Å². The predicted molar refractivity (Wildman–Crippen MR) is 60.0 cm³/mol. The zero-order chi connectivity index (χ0) is 11.0. The maximum atomic E-state index is 13.0. The second kappa shape index (κ2) is 3.77. The molecule has 1 fully saturated rings. The molecule has 1 aromatic heterocycles. The number of aromatic nitrogens is 1. The van der Waals surface area contributed by atoms with Gasteiger partial charge in [-0.05, 0) is 31.4 Å². The summed E-state index contributed by atoms with van der Waals surface area (Å²) in [6, 6.07) is 4.60. The van der Waals surface area contributed by atoms with Crippen LogP contribution < -0.4 is 4.90 Å². The first-order valence-corrected chi connectivity index (χ1v) is 5.64. The molecule has 1 saturated heterocycles. The lowest BCUT2D eigenvalue weighted by Crippen LogP contribution is -2.29. The number of hydrogen-bond acceptors (Lipinski definition) is 3. The molecule has 2 aromatic rings. The van der Waals surface area contributed by atoms with Crippen LogP contribution in [0.4, 0.5) is 10.3 Å². The molecule has 0 spiro atoms. The largest absolute Gasteiger partial charge is 0.340 e. The van der Waals surface area contributed by atoms with Gasteiger partial charge in [0.25, 0.3) is 0 Å². The van der Waals surface area contributed by atoms with E-state index in [4.69, 9.17) is 4.52 Å². The molecule has 0 radical (unpaired) electrons. The first-order valence-electron chi connectivity index (χ1n) is 5.64. The Labute approximate surface area is 92.8 Å². The third kappa shape index (κ3) is 1.54. The van der Waals surface area contributed by atoms with E-state index < -0.39 is 0 Å². The molecule has 0 unspecified atom stereocenters. The van der Waals surface area contributed by atoms with Gasteiger partial charge in [0.2, 0.25) is 5.88 Å². The molecule has 0 N–H and O–H groups in total. The van der Waals surface area contributed by atoms with Crippen LogP contribution in [0.1, 0.15) is 19.3 Å². The summed E-state index contributed by atoms with van der Waals surface area (Å²) in [5.41, 5.74) is 0.598. The predicted octanol–water partition coefficient (Wildman–Crippen LogP) is 2.96. The van der Waals surface area contributed by atoms with Crippen LogP contribution in [0.3, 0.4) is 0 Å². The van der Waals surface area contributed by atoms with Crippen molar-refractivity contribution in [2.24, 2.45) is 0 Å². The van der Waals surface area contributed by atoms with Gasteiger partial charge in [-0.2, -0.15) is 0 Å². The minimum absolute atomic E-state index is 0.272. The average molecular weight is 220 g/mol. The van der Waals surface area contributed by atoms with E-state index in [0.29, 0.717) is 5.52 Å². The summed E-state index contributed by atoms with van der Waals surface area (Å²) in [4.78, 5) is 2.19. The van der Waals surface area contributed by atoms with Crippen molar-refractivity contribution >= 4 is 16.8 Å². The Morgan fingerprint density at radius 2 is 2.00 bits per heavy atom. The van der Waals surface area contributed by atoms with Gasteiger partial charge in [-0.1, -0.05) is 5.16 Å². The second-order valence-electron chi connectivity index (χ2n) is 4.20. The number of hydrogen-bond donors (Lipinski definition) is 0. The van der Waals surface area contributed by atoms with Crippen molar-refractivity contribution in [2.75, 3.05) is 18.0 Å². The normalized spacial score (nSPS) is 16.9. The molecule has 4 heteroatoms. The fourth-order valence-electron chi connectivity index (χ4n) is 2.23. The molecule has 0 bridgehead atoms.